The number of nitrogens with one attached hydrogen (secondary N) is 1. The summed E-state index contributed by atoms with van der Waals surface area (Å²) >= 11 is 0. The molecule has 1 aliphatic carbocycles. The normalized spacial score (nSPS) is 23.4. The van der Waals surface area contributed by atoms with Gasteiger partial charge in [-0.05, 0) is 44.2 Å². The fourth-order valence-electron chi connectivity index (χ4n) is 2.60. The molecule has 5 nitrogen and oxygen atoms in total. The molecule has 0 bridgehead atoms. The topological polar surface area (TPSA) is 83.5 Å². The summed E-state index contributed by atoms with van der Waals surface area (Å²) in [7, 11) is -3.53. The van der Waals surface area contributed by atoms with Crippen molar-refractivity contribution in [2.45, 2.75) is 43.5 Å². The molecular formula is C14H19NO4S. The summed E-state index contributed by atoms with van der Waals surface area (Å²) in [4.78, 5) is 11.2. The third kappa shape index (κ3) is 3.37. The standard InChI is InChI=1S/C14H19NO4S/c1-10-4-2-3-5-13(10)20(18,19)15-12-8-6-11(7-9-12)14(16)17/h2-5,11-12,15H,6-9H2,1H3,(H,16,17). The second-order valence-corrected chi connectivity index (χ2v) is 6.96. The zero-order valence-corrected chi connectivity index (χ0v) is 12.2. The van der Waals surface area contributed by atoms with Gasteiger partial charge >= 0.3 is 5.97 Å². The van der Waals surface area contributed by atoms with Gasteiger partial charge in [0, 0.05) is 6.04 Å². The summed E-state index contributed by atoms with van der Waals surface area (Å²) < 4.78 is 27.3. The summed E-state index contributed by atoms with van der Waals surface area (Å²) in [6.07, 6.45) is 2.19. The number of aryl methyl sites for hydroxylation is 1. The van der Waals surface area contributed by atoms with Crippen molar-refractivity contribution in [2.75, 3.05) is 0 Å². The Kier molecular flexibility index (Phi) is 4.45. The molecule has 2 rings (SSSR count). The predicted molar refractivity (Wildman–Crippen MR) is 74.9 cm³/mol. The highest BCUT2D eigenvalue weighted by Gasteiger charge is 2.29. The zero-order valence-electron chi connectivity index (χ0n) is 11.4. The third-order valence-electron chi connectivity index (χ3n) is 3.78. The molecule has 1 saturated carbocycles. The largest absolute Gasteiger partial charge is 0.481 e. The lowest BCUT2D eigenvalue weighted by Gasteiger charge is -2.26. The molecule has 110 valence electrons. The molecule has 6 heteroatoms. The van der Waals surface area contributed by atoms with Gasteiger partial charge < -0.3 is 5.11 Å². The maximum absolute atomic E-state index is 12.3. The number of aliphatic carboxylic acids is 1. The van der Waals surface area contributed by atoms with E-state index in [1.54, 1.807) is 31.2 Å². The molecule has 0 spiro atoms. The Hall–Kier alpha value is -1.40. The molecule has 0 aliphatic heterocycles. The molecule has 1 aliphatic rings. The van der Waals surface area contributed by atoms with Crippen molar-refractivity contribution < 1.29 is 18.3 Å². The number of hydrogen-bond acceptors (Lipinski definition) is 3. The average molecular weight is 297 g/mol. The van der Waals surface area contributed by atoms with Crippen molar-refractivity contribution in [2.24, 2.45) is 5.92 Å². The van der Waals surface area contributed by atoms with Crippen molar-refractivity contribution in [1.82, 2.24) is 4.72 Å². The maximum atomic E-state index is 12.3. The van der Waals surface area contributed by atoms with Crippen LogP contribution in [-0.4, -0.2) is 25.5 Å². The highest BCUT2D eigenvalue weighted by Crippen LogP contribution is 2.26. The molecule has 0 saturated heterocycles. The van der Waals surface area contributed by atoms with Gasteiger partial charge in [0.05, 0.1) is 10.8 Å². The van der Waals surface area contributed by atoms with E-state index in [-0.39, 0.29) is 12.0 Å². The van der Waals surface area contributed by atoms with Crippen LogP contribution in [0.5, 0.6) is 0 Å². The van der Waals surface area contributed by atoms with Gasteiger partial charge in [-0.1, -0.05) is 18.2 Å². The first-order valence-corrected chi connectivity index (χ1v) is 8.19. The number of carbonyl (C=O) groups is 1. The SMILES string of the molecule is Cc1ccccc1S(=O)(=O)NC1CCC(C(=O)O)CC1. The van der Waals surface area contributed by atoms with E-state index in [1.807, 2.05) is 0 Å². The fraction of sp³-hybridized carbons (Fsp3) is 0.500. The van der Waals surface area contributed by atoms with Crippen molar-refractivity contribution in [3.8, 4) is 0 Å². The third-order valence-corrected chi connectivity index (χ3v) is 5.46. The second kappa shape index (κ2) is 5.93. The molecule has 2 N–H and O–H groups in total. The van der Waals surface area contributed by atoms with Gasteiger partial charge in [-0.15, -0.1) is 0 Å². The van der Waals surface area contributed by atoms with Gasteiger partial charge in [-0.2, -0.15) is 0 Å². The highest BCUT2D eigenvalue weighted by molar-refractivity contribution is 7.89. The van der Waals surface area contributed by atoms with Gasteiger partial charge in [-0.25, -0.2) is 13.1 Å². The monoisotopic (exact) mass is 297 g/mol. The zero-order chi connectivity index (χ0) is 14.8. The van der Waals surface area contributed by atoms with Crippen LogP contribution in [0.1, 0.15) is 31.2 Å². The van der Waals surface area contributed by atoms with Gasteiger partial charge in [0.15, 0.2) is 0 Å². The minimum absolute atomic E-state index is 0.171. The van der Waals surface area contributed by atoms with E-state index in [4.69, 9.17) is 5.11 Å². The van der Waals surface area contributed by atoms with Gasteiger partial charge in [-0.3, -0.25) is 4.79 Å². The van der Waals surface area contributed by atoms with Gasteiger partial charge in [0.25, 0.3) is 0 Å². The van der Waals surface area contributed by atoms with Crippen LogP contribution >= 0.6 is 0 Å². The Morgan fingerprint density at radius 2 is 1.80 bits per heavy atom. The number of sulfonamides is 1. The van der Waals surface area contributed by atoms with Crippen LogP contribution in [-0.2, 0) is 14.8 Å². The van der Waals surface area contributed by atoms with E-state index in [2.05, 4.69) is 4.72 Å². The molecule has 0 radical (unpaired) electrons. The van der Waals surface area contributed by atoms with Crippen molar-refractivity contribution in [3.63, 3.8) is 0 Å². The number of rotatable bonds is 4. The lowest BCUT2D eigenvalue weighted by molar-refractivity contribution is -0.142. The Morgan fingerprint density at radius 1 is 1.20 bits per heavy atom. The smallest absolute Gasteiger partial charge is 0.306 e. The minimum Gasteiger partial charge on any atom is -0.481 e. The summed E-state index contributed by atoms with van der Waals surface area (Å²) in [6.45, 7) is 1.76. The predicted octanol–water partition coefficient (Wildman–Crippen LogP) is 1.92. The molecule has 20 heavy (non-hydrogen) atoms. The highest BCUT2D eigenvalue weighted by atomic mass is 32.2. The molecule has 1 aromatic carbocycles. The van der Waals surface area contributed by atoms with E-state index in [9.17, 15) is 13.2 Å². The van der Waals surface area contributed by atoms with Crippen LogP contribution in [0, 0.1) is 12.8 Å². The minimum atomic E-state index is -3.53. The molecule has 0 heterocycles. The van der Waals surface area contributed by atoms with Crippen LogP contribution in [0.3, 0.4) is 0 Å². The van der Waals surface area contributed by atoms with Gasteiger partial charge in [0.1, 0.15) is 0 Å². The number of hydrogen-bond donors (Lipinski definition) is 2. The Bertz CT molecular complexity index is 589. The van der Waals surface area contributed by atoms with Crippen molar-refractivity contribution in [3.05, 3.63) is 29.8 Å². The van der Waals surface area contributed by atoms with Crippen LogP contribution < -0.4 is 4.72 Å². The van der Waals surface area contributed by atoms with Gasteiger partial charge in [0.2, 0.25) is 10.0 Å². The first-order valence-electron chi connectivity index (χ1n) is 6.71. The summed E-state index contributed by atoms with van der Waals surface area (Å²) in [6, 6.07) is 6.67. The van der Waals surface area contributed by atoms with Crippen LogP contribution in [0.15, 0.2) is 29.2 Å². The number of carboxylic acids is 1. The molecule has 0 aromatic heterocycles. The number of benzene rings is 1. The van der Waals surface area contributed by atoms with E-state index in [1.165, 1.54) is 0 Å². The molecule has 0 atom stereocenters. The van der Waals surface area contributed by atoms with E-state index in [0.29, 0.717) is 36.1 Å². The van der Waals surface area contributed by atoms with E-state index in [0.717, 1.165) is 0 Å². The van der Waals surface area contributed by atoms with Crippen LogP contribution in [0.2, 0.25) is 0 Å². The second-order valence-electron chi connectivity index (χ2n) is 5.27. The quantitative estimate of drug-likeness (QED) is 0.889. The summed E-state index contributed by atoms with van der Waals surface area (Å²) in [5.74, 6) is -1.13. The molecule has 1 aromatic rings. The fourth-order valence-corrected chi connectivity index (χ4v) is 4.15. The van der Waals surface area contributed by atoms with Crippen molar-refractivity contribution >= 4 is 16.0 Å². The molecule has 0 amide bonds. The van der Waals surface area contributed by atoms with Crippen LogP contribution in [0.25, 0.3) is 0 Å². The number of carboxylic acid groups (broad SMARTS) is 1. The average Bonchev–Trinajstić information content (AvgIpc) is 2.39. The van der Waals surface area contributed by atoms with E-state index < -0.39 is 16.0 Å². The summed E-state index contributed by atoms with van der Waals surface area (Å²) in [5.41, 5.74) is 0.708. The first kappa shape index (κ1) is 15.0. The van der Waals surface area contributed by atoms with E-state index >= 15 is 0 Å². The summed E-state index contributed by atoms with van der Waals surface area (Å²) in [5, 5.41) is 8.93. The van der Waals surface area contributed by atoms with Crippen LogP contribution in [0.4, 0.5) is 0 Å². The maximum Gasteiger partial charge on any atom is 0.306 e. The van der Waals surface area contributed by atoms with Crippen molar-refractivity contribution in [1.29, 1.82) is 0 Å². The first-order chi connectivity index (χ1) is 9.40. The lowest BCUT2D eigenvalue weighted by atomic mass is 9.87. The molecular weight excluding hydrogens is 278 g/mol. The lowest BCUT2D eigenvalue weighted by Crippen LogP contribution is -2.38. The Labute approximate surface area is 119 Å². The Balaban J connectivity index is 2.04. The molecule has 1 fully saturated rings. The molecule has 0 unspecified atom stereocenters. The Morgan fingerprint density at radius 3 is 2.35 bits per heavy atom.